The van der Waals surface area contributed by atoms with Crippen molar-refractivity contribution in [3.63, 3.8) is 0 Å². The fourth-order valence-corrected chi connectivity index (χ4v) is 3.88. The number of methoxy groups -OCH3 is 1. The zero-order valence-corrected chi connectivity index (χ0v) is 15.9. The predicted octanol–water partition coefficient (Wildman–Crippen LogP) is 2.28. The second kappa shape index (κ2) is 7.85. The van der Waals surface area contributed by atoms with Gasteiger partial charge < -0.3 is 9.64 Å². The van der Waals surface area contributed by atoms with Crippen LogP contribution in [0.5, 0.6) is 5.75 Å². The van der Waals surface area contributed by atoms with Crippen molar-refractivity contribution in [3.05, 3.63) is 35.7 Å². The van der Waals surface area contributed by atoms with E-state index in [1.165, 1.54) is 0 Å². The van der Waals surface area contributed by atoms with Gasteiger partial charge in [0, 0.05) is 19.5 Å². The van der Waals surface area contributed by atoms with E-state index in [1.54, 1.807) is 11.8 Å². The highest BCUT2D eigenvalue weighted by Crippen LogP contribution is 2.26. The van der Waals surface area contributed by atoms with Crippen LogP contribution < -0.4 is 4.74 Å². The van der Waals surface area contributed by atoms with E-state index >= 15 is 0 Å². The molecule has 0 bridgehead atoms. The number of likely N-dealkylation sites (tertiary alicyclic amines) is 1. The van der Waals surface area contributed by atoms with E-state index in [1.807, 2.05) is 36.1 Å². The van der Waals surface area contributed by atoms with Crippen molar-refractivity contribution in [1.82, 2.24) is 25.1 Å². The average Bonchev–Trinajstić information content (AvgIpc) is 3.04. The summed E-state index contributed by atoms with van der Waals surface area (Å²) in [6, 6.07) is 7.35. The number of carbonyl (C=O) groups excluding carboxylic acids is 1. The van der Waals surface area contributed by atoms with Crippen LogP contribution in [0.3, 0.4) is 0 Å². The lowest BCUT2D eigenvalue weighted by Crippen LogP contribution is -2.46. The molecular formula is C19H27N5O2. The molecule has 3 rings (SSSR count). The first-order valence-corrected chi connectivity index (χ1v) is 9.14. The topological polar surface area (TPSA) is 73.1 Å². The molecule has 0 spiro atoms. The van der Waals surface area contributed by atoms with E-state index in [-0.39, 0.29) is 5.91 Å². The summed E-state index contributed by atoms with van der Waals surface area (Å²) in [4.78, 5) is 15.4. The van der Waals surface area contributed by atoms with Crippen LogP contribution in [0, 0.1) is 18.8 Å². The number of piperidine rings is 1. The number of rotatable bonds is 5. The zero-order chi connectivity index (χ0) is 18.7. The number of nitrogens with zero attached hydrogens (tertiary/aromatic N) is 5. The molecule has 1 aromatic heterocycles. The van der Waals surface area contributed by atoms with E-state index in [4.69, 9.17) is 4.74 Å². The molecule has 0 N–H and O–H groups in total. The number of tetrazole rings is 1. The molecule has 2 heterocycles. The summed E-state index contributed by atoms with van der Waals surface area (Å²) in [5.74, 6) is 2.53. The molecule has 0 unspecified atom stereocenters. The van der Waals surface area contributed by atoms with Gasteiger partial charge in [-0.3, -0.25) is 4.79 Å². The maximum absolute atomic E-state index is 13.4. The van der Waals surface area contributed by atoms with Gasteiger partial charge in [0.15, 0.2) is 0 Å². The minimum Gasteiger partial charge on any atom is -0.497 e. The minimum atomic E-state index is -0.449. The van der Waals surface area contributed by atoms with Gasteiger partial charge in [0.25, 0.3) is 0 Å². The zero-order valence-electron chi connectivity index (χ0n) is 15.9. The molecule has 0 radical (unpaired) electrons. The summed E-state index contributed by atoms with van der Waals surface area (Å²) in [5.41, 5.74) is 1.02. The second-order valence-corrected chi connectivity index (χ2v) is 7.43. The molecule has 3 atom stereocenters. The fourth-order valence-electron chi connectivity index (χ4n) is 3.88. The Labute approximate surface area is 154 Å². The van der Waals surface area contributed by atoms with Crippen LogP contribution in [0.1, 0.15) is 37.7 Å². The van der Waals surface area contributed by atoms with Gasteiger partial charge in [0.1, 0.15) is 17.6 Å². The first-order chi connectivity index (χ1) is 12.5. The third kappa shape index (κ3) is 4.03. The number of hydrogen-bond donors (Lipinski definition) is 0. The smallest absolute Gasteiger partial charge is 0.247 e. The highest BCUT2D eigenvalue weighted by Gasteiger charge is 2.32. The Morgan fingerprint density at radius 1 is 1.31 bits per heavy atom. The van der Waals surface area contributed by atoms with Crippen molar-refractivity contribution in [1.29, 1.82) is 0 Å². The standard InChI is InChI=1S/C19H27N5O2/c1-13-8-14(2)12-23(11-13)19(25)18(24-15(3)20-21-22-24)10-16-6-5-7-17(9-16)26-4/h5-7,9,13-14,18H,8,10-12H2,1-4H3/t13-,14+,18-/m1/s1. The Morgan fingerprint density at radius 2 is 2.04 bits per heavy atom. The SMILES string of the molecule is COc1cccc(C[C@H](C(=O)N2C[C@H](C)C[C@H](C)C2)n2nnnc2C)c1. The number of benzene rings is 1. The van der Waals surface area contributed by atoms with Crippen LogP contribution in [0.15, 0.2) is 24.3 Å². The number of aromatic nitrogens is 4. The van der Waals surface area contributed by atoms with Gasteiger partial charge in [-0.15, -0.1) is 5.10 Å². The largest absolute Gasteiger partial charge is 0.497 e. The summed E-state index contributed by atoms with van der Waals surface area (Å²) in [6.45, 7) is 7.82. The molecule has 7 nitrogen and oxygen atoms in total. The molecule has 1 aliphatic heterocycles. The van der Waals surface area contributed by atoms with Gasteiger partial charge in [0.05, 0.1) is 7.11 Å². The van der Waals surface area contributed by atoms with Crippen molar-refractivity contribution in [2.45, 2.75) is 39.7 Å². The Kier molecular flexibility index (Phi) is 5.54. The molecule has 1 aliphatic rings. The molecule has 1 amide bonds. The molecule has 2 aromatic rings. The van der Waals surface area contributed by atoms with E-state index in [2.05, 4.69) is 29.4 Å². The maximum Gasteiger partial charge on any atom is 0.247 e. The molecule has 1 saturated heterocycles. The average molecular weight is 357 g/mol. The minimum absolute atomic E-state index is 0.0848. The van der Waals surface area contributed by atoms with E-state index < -0.39 is 6.04 Å². The number of aryl methyl sites for hydroxylation is 1. The lowest BCUT2D eigenvalue weighted by Gasteiger charge is -2.37. The quantitative estimate of drug-likeness (QED) is 0.821. The van der Waals surface area contributed by atoms with Crippen molar-refractivity contribution in [2.75, 3.05) is 20.2 Å². The third-order valence-corrected chi connectivity index (χ3v) is 4.98. The monoisotopic (exact) mass is 357 g/mol. The first kappa shape index (κ1) is 18.4. The Bertz CT molecular complexity index is 750. The number of carbonyl (C=O) groups is 1. The van der Waals surface area contributed by atoms with Crippen LogP contribution >= 0.6 is 0 Å². The summed E-state index contributed by atoms with van der Waals surface area (Å²) >= 11 is 0. The molecule has 1 fully saturated rings. The van der Waals surface area contributed by atoms with Crippen LogP contribution in [0.4, 0.5) is 0 Å². The van der Waals surface area contributed by atoms with Crippen LogP contribution in [0.2, 0.25) is 0 Å². The van der Waals surface area contributed by atoms with Crippen molar-refractivity contribution in [3.8, 4) is 5.75 Å². The normalized spacial score (nSPS) is 21.5. The molecule has 140 valence electrons. The molecule has 1 aromatic carbocycles. The lowest BCUT2D eigenvalue weighted by molar-refractivity contribution is -0.138. The molecule has 7 heteroatoms. The van der Waals surface area contributed by atoms with Gasteiger partial charge in [-0.25, -0.2) is 4.68 Å². The fraction of sp³-hybridized carbons (Fsp3) is 0.579. The molecule has 26 heavy (non-hydrogen) atoms. The Hall–Kier alpha value is -2.44. The summed E-state index contributed by atoms with van der Waals surface area (Å²) in [6.07, 6.45) is 1.69. The van der Waals surface area contributed by atoms with Crippen molar-refractivity contribution < 1.29 is 9.53 Å². The van der Waals surface area contributed by atoms with E-state index in [9.17, 15) is 4.79 Å². The number of amides is 1. The van der Waals surface area contributed by atoms with Gasteiger partial charge in [0.2, 0.25) is 5.91 Å². The number of hydrogen-bond acceptors (Lipinski definition) is 5. The highest BCUT2D eigenvalue weighted by molar-refractivity contribution is 5.81. The molecular weight excluding hydrogens is 330 g/mol. The highest BCUT2D eigenvalue weighted by atomic mass is 16.5. The van der Waals surface area contributed by atoms with Crippen molar-refractivity contribution in [2.24, 2.45) is 11.8 Å². The Balaban J connectivity index is 1.88. The van der Waals surface area contributed by atoms with Crippen molar-refractivity contribution >= 4 is 5.91 Å². The van der Waals surface area contributed by atoms with E-state index in [0.717, 1.165) is 30.8 Å². The van der Waals surface area contributed by atoms with Crippen LogP contribution in [0.25, 0.3) is 0 Å². The summed E-state index contributed by atoms with van der Waals surface area (Å²) in [7, 11) is 1.64. The first-order valence-electron chi connectivity index (χ1n) is 9.14. The van der Waals surface area contributed by atoms with Crippen LogP contribution in [-0.2, 0) is 11.2 Å². The Morgan fingerprint density at radius 3 is 2.65 bits per heavy atom. The van der Waals surface area contributed by atoms with Gasteiger partial charge in [-0.1, -0.05) is 26.0 Å². The molecule has 0 aliphatic carbocycles. The second-order valence-electron chi connectivity index (χ2n) is 7.43. The van der Waals surface area contributed by atoms with E-state index in [0.29, 0.717) is 24.1 Å². The lowest BCUT2D eigenvalue weighted by atomic mass is 9.91. The molecule has 0 saturated carbocycles. The summed E-state index contributed by atoms with van der Waals surface area (Å²) < 4.78 is 6.96. The maximum atomic E-state index is 13.4. The van der Waals surface area contributed by atoms with Gasteiger partial charge in [-0.2, -0.15) is 0 Å². The van der Waals surface area contributed by atoms with Gasteiger partial charge in [-0.05, 0) is 53.3 Å². The third-order valence-electron chi connectivity index (χ3n) is 4.98. The van der Waals surface area contributed by atoms with Crippen LogP contribution in [-0.4, -0.2) is 51.2 Å². The predicted molar refractivity (Wildman–Crippen MR) is 97.8 cm³/mol. The number of ether oxygens (including phenoxy) is 1. The van der Waals surface area contributed by atoms with Gasteiger partial charge >= 0.3 is 0 Å². The summed E-state index contributed by atoms with van der Waals surface area (Å²) in [5, 5.41) is 11.8.